The quantitative estimate of drug-likeness (QED) is 0.712. The molecule has 6 heteroatoms. The fourth-order valence-corrected chi connectivity index (χ4v) is 4.72. The summed E-state index contributed by atoms with van der Waals surface area (Å²) >= 11 is 0. The van der Waals surface area contributed by atoms with Crippen LogP contribution in [0, 0.1) is 6.92 Å². The smallest absolute Gasteiger partial charge is 0.264 e. The first-order chi connectivity index (χ1) is 12.0. The Morgan fingerprint density at radius 1 is 1.00 bits per heavy atom. The molecule has 0 bridgehead atoms. The minimum absolute atomic E-state index is 0.288. The minimum Gasteiger partial charge on any atom is -0.272 e. The maximum absolute atomic E-state index is 13.3. The molecule has 1 aromatic heterocycles. The number of aromatic nitrogens is 2. The molecule has 0 atom stereocenters. The number of hydrogen-bond donors (Lipinski definition) is 0. The first-order valence-electron chi connectivity index (χ1n) is 8.14. The zero-order valence-electron chi connectivity index (χ0n) is 14.2. The Morgan fingerprint density at radius 2 is 1.72 bits per heavy atom. The second-order valence-electron chi connectivity index (χ2n) is 6.37. The topological polar surface area (TPSA) is 55.2 Å². The third-order valence-corrected chi connectivity index (χ3v) is 6.46. The van der Waals surface area contributed by atoms with E-state index in [4.69, 9.17) is 0 Å². The predicted molar refractivity (Wildman–Crippen MR) is 97.0 cm³/mol. The molecule has 0 amide bonds. The summed E-state index contributed by atoms with van der Waals surface area (Å²) in [5, 5.41) is 4.31. The third kappa shape index (κ3) is 2.62. The van der Waals surface area contributed by atoms with E-state index in [0.29, 0.717) is 11.3 Å². The zero-order valence-corrected chi connectivity index (χ0v) is 15.0. The van der Waals surface area contributed by atoms with Crippen LogP contribution < -0.4 is 4.31 Å². The maximum atomic E-state index is 13.3. The summed E-state index contributed by atoms with van der Waals surface area (Å²) in [5.74, 6) is 0. The Labute approximate surface area is 147 Å². The van der Waals surface area contributed by atoms with Crippen LogP contribution in [0.2, 0.25) is 0 Å². The molecule has 5 nitrogen and oxygen atoms in total. The van der Waals surface area contributed by atoms with Crippen molar-refractivity contribution in [3.63, 3.8) is 0 Å². The van der Waals surface area contributed by atoms with E-state index in [1.54, 1.807) is 18.3 Å². The Hall–Kier alpha value is -2.60. The van der Waals surface area contributed by atoms with Crippen molar-refractivity contribution in [1.82, 2.24) is 9.78 Å². The number of rotatable bonds is 2. The summed E-state index contributed by atoms with van der Waals surface area (Å²) in [4.78, 5) is 0.306. The molecule has 0 saturated heterocycles. The van der Waals surface area contributed by atoms with E-state index in [1.807, 2.05) is 55.1 Å². The first kappa shape index (κ1) is 15.9. The van der Waals surface area contributed by atoms with E-state index in [1.165, 1.54) is 4.31 Å². The molecule has 0 spiro atoms. The van der Waals surface area contributed by atoms with Crippen LogP contribution in [0.15, 0.2) is 59.6 Å². The maximum Gasteiger partial charge on any atom is 0.264 e. The van der Waals surface area contributed by atoms with Gasteiger partial charge in [-0.3, -0.25) is 8.99 Å². The van der Waals surface area contributed by atoms with Crippen molar-refractivity contribution in [2.75, 3.05) is 4.31 Å². The lowest BCUT2D eigenvalue weighted by molar-refractivity contribution is 0.590. The van der Waals surface area contributed by atoms with E-state index in [0.717, 1.165) is 28.1 Å². The fourth-order valence-electron chi connectivity index (χ4n) is 3.24. The van der Waals surface area contributed by atoms with Gasteiger partial charge >= 0.3 is 0 Å². The molecule has 2 heterocycles. The Bertz CT molecular complexity index is 1040. The number of sulfonamides is 1. The van der Waals surface area contributed by atoms with Gasteiger partial charge in [0.15, 0.2) is 0 Å². The lowest BCUT2D eigenvalue weighted by atomic mass is 10.1. The van der Waals surface area contributed by atoms with E-state index in [-0.39, 0.29) is 6.54 Å². The van der Waals surface area contributed by atoms with E-state index in [9.17, 15) is 8.42 Å². The molecule has 3 aromatic rings. The highest BCUT2D eigenvalue weighted by Gasteiger charge is 2.30. The highest BCUT2D eigenvalue weighted by molar-refractivity contribution is 7.92. The van der Waals surface area contributed by atoms with Crippen LogP contribution >= 0.6 is 0 Å². The molecule has 4 rings (SSSR count). The summed E-state index contributed by atoms with van der Waals surface area (Å²) in [7, 11) is -1.76. The van der Waals surface area contributed by atoms with Crippen molar-refractivity contribution in [3.05, 3.63) is 77.1 Å². The Balaban J connectivity index is 1.89. The molecule has 25 heavy (non-hydrogen) atoms. The van der Waals surface area contributed by atoms with Gasteiger partial charge in [-0.1, -0.05) is 35.9 Å². The van der Waals surface area contributed by atoms with Gasteiger partial charge in [0.05, 0.1) is 23.3 Å². The number of fused-ring (bicyclic) bond motifs is 2. The summed E-state index contributed by atoms with van der Waals surface area (Å²) in [5.41, 5.74) is 4.74. The summed E-state index contributed by atoms with van der Waals surface area (Å²) < 4.78 is 30.0. The Morgan fingerprint density at radius 3 is 2.48 bits per heavy atom. The highest BCUT2D eigenvalue weighted by atomic mass is 32.2. The predicted octanol–water partition coefficient (Wildman–Crippen LogP) is 3.03. The van der Waals surface area contributed by atoms with Crippen molar-refractivity contribution in [2.45, 2.75) is 24.8 Å². The van der Waals surface area contributed by atoms with Gasteiger partial charge in [-0.2, -0.15) is 5.10 Å². The van der Waals surface area contributed by atoms with Crippen LogP contribution in [0.4, 0.5) is 5.69 Å². The van der Waals surface area contributed by atoms with Gasteiger partial charge in [-0.15, -0.1) is 0 Å². The van der Waals surface area contributed by atoms with Crippen LogP contribution in [0.3, 0.4) is 0 Å². The van der Waals surface area contributed by atoms with Gasteiger partial charge in [-0.05, 0) is 30.7 Å². The van der Waals surface area contributed by atoms with E-state index < -0.39 is 10.0 Å². The monoisotopic (exact) mass is 353 g/mol. The van der Waals surface area contributed by atoms with Crippen LogP contribution in [0.1, 0.15) is 22.4 Å². The van der Waals surface area contributed by atoms with Gasteiger partial charge in [0, 0.05) is 24.7 Å². The second-order valence-corrected chi connectivity index (χ2v) is 8.23. The molecule has 2 aromatic carbocycles. The van der Waals surface area contributed by atoms with Gasteiger partial charge in [0.2, 0.25) is 0 Å². The SMILES string of the molecule is Cc1ccc(S(=O)(=O)N2Cc3cnn(C)c3Cc3ccccc32)cc1. The second kappa shape index (κ2) is 5.74. The molecular weight excluding hydrogens is 334 g/mol. The number of benzene rings is 2. The molecule has 128 valence electrons. The normalized spacial score (nSPS) is 13.9. The largest absolute Gasteiger partial charge is 0.272 e. The van der Waals surface area contributed by atoms with Crippen molar-refractivity contribution in [1.29, 1.82) is 0 Å². The lowest BCUT2D eigenvalue weighted by Crippen LogP contribution is -2.30. The van der Waals surface area contributed by atoms with E-state index >= 15 is 0 Å². The Kier molecular flexibility index (Phi) is 3.65. The average molecular weight is 353 g/mol. The van der Waals surface area contributed by atoms with Gasteiger partial charge in [-0.25, -0.2) is 8.42 Å². The molecule has 1 aliphatic rings. The van der Waals surface area contributed by atoms with Crippen molar-refractivity contribution in [2.24, 2.45) is 7.05 Å². The molecule has 0 N–H and O–H groups in total. The first-order valence-corrected chi connectivity index (χ1v) is 9.58. The molecule has 0 unspecified atom stereocenters. The fraction of sp³-hybridized carbons (Fsp3) is 0.211. The standard InChI is InChI=1S/C19H19N3O2S/c1-14-7-9-17(10-8-14)25(23,24)22-13-16-12-20-21(2)19(16)11-15-5-3-4-6-18(15)22/h3-10,12H,11,13H2,1-2H3. The summed E-state index contributed by atoms with van der Waals surface area (Å²) in [6, 6.07) is 14.7. The molecule has 0 saturated carbocycles. The zero-order chi connectivity index (χ0) is 17.6. The van der Waals surface area contributed by atoms with Gasteiger partial charge in [0.1, 0.15) is 0 Å². The lowest BCUT2D eigenvalue weighted by Gasteiger charge is -2.24. The van der Waals surface area contributed by atoms with Crippen LogP contribution in [0.5, 0.6) is 0 Å². The highest BCUT2D eigenvalue weighted by Crippen LogP contribution is 2.34. The molecule has 0 radical (unpaired) electrons. The van der Waals surface area contributed by atoms with Crippen molar-refractivity contribution in [3.8, 4) is 0 Å². The van der Waals surface area contributed by atoms with Gasteiger partial charge in [0.25, 0.3) is 10.0 Å². The van der Waals surface area contributed by atoms with Crippen LogP contribution in [0.25, 0.3) is 0 Å². The van der Waals surface area contributed by atoms with Crippen molar-refractivity contribution >= 4 is 15.7 Å². The van der Waals surface area contributed by atoms with Gasteiger partial charge < -0.3 is 0 Å². The minimum atomic E-state index is -3.65. The molecule has 0 fully saturated rings. The number of para-hydroxylation sites is 1. The number of nitrogens with zero attached hydrogens (tertiary/aromatic N) is 3. The molecule has 1 aliphatic heterocycles. The van der Waals surface area contributed by atoms with E-state index in [2.05, 4.69) is 5.10 Å². The third-order valence-electron chi connectivity index (χ3n) is 4.69. The van der Waals surface area contributed by atoms with Crippen LogP contribution in [-0.2, 0) is 30.0 Å². The number of aryl methyl sites for hydroxylation is 2. The number of hydrogen-bond acceptors (Lipinski definition) is 3. The number of anilines is 1. The molecular formula is C19H19N3O2S. The summed E-state index contributed by atoms with van der Waals surface area (Å²) in [6.45, 7) is 2.23. The summed E-state index contributed by atoms with van der Waals surface area (Å²) in [6.07, 6.45) is 2.43. The average Bonchev–Trinajstić information content (AvgIpc) is 2.85. The van der Waals surface area contributed by atoms with Crippen LogP contribution in [-0.4, -0.2) is 18.2 Å². The van der Waals surface area contributed by atoms with Crippen molar-refractivity contribution < 1.29 is 8.42 Å². The molecule has 0 aliphatic carbocycles.